The molecule has 0 spiro atoms. The molecule has 0 saturated carbocycles. The standard InChI is InChI=1S/C21H23N3/c1-15-5-4-6-17(13-15)21(23)19-7-2-3-8-20(19)24-14-16-9-11-18(22)12-10-16/h2-12,15,23-24H,13-14,22H2,1H3. The average Bonchev–Trinajstić information content (AvgIpc) is 2.61. The van der Waals surface area contributed by atoms with Crippen LogP contribution >= 0.6 is 0 Å². The Balaban J connectivity index is 1.77. The molecule has 1 aliphatic rings. The minimum atomic E-state index is 0.486. The Kier molecular flexibility index (Phi) is 4.80. The van der Waals surface area contributed by atoms with Crippen LogP contribution in [0.5, 0.6) is 0 Å². The first kappa shape index (κ1) is 16.1. The molecule has 4 N–H and O–H groups in total. The van der Waals surface area contributed by atoms with Gasteiger partial charge in [-0.25, -0.2) is 0 Å². The highest BCUT2D eigenvalue weighted by Gasteiger charge is 2.15. The first-order chi connectivity index (χ1) is 11.6. The lowest BCUT2D eigenvalue weighted by atomic mass is 9.89. The molecule has 0 radical (unpaired) electrons. The third-order valence-corrected chi connectivity index (χ3v) is 4.26. The highest BCUT2D eigenvalue weighted by Crippen LogP contribution is 2.25. The summed E-state index contributed by atoms with van der Waals surface area (Å²) in [7, 11) is 0. The fraction of sp³-hybridized carbons (Fsp3) is 0.190. The maximum Gasteiger partial charge on any atom is 0.0665 e. The maximum absolute atomic E-state index is 8.61. The lowest BCUT2D eigenvalue weighted by Gasteiger charge is -2.18. The normalized spacial score (nSPS) is 16.5. The Morgan fingerprint density at radius 1 is 1.17 bits per heavy atom. The van der Waals surface area contributed by atoms with Gasteiger partial charge in [0.25, 0.3) is 0 Å². The van der Waals surface area contributed by atoms with Gasteiger partial charge in [-0.3, -0.25) is 5.41 Å². The predicted molar refractivity (Wildman–Crippen MR) is 102 cm³/mol. The summed E-state index contributed by atoms with van der Waals surface area (Å²) in [6.07, 6.45) is 7.21. The summed E-state index contributed by atoms with van der Waals surface area (Å²) in [6.45, 7) is 2.89. The van der Waals surface area contributed by atoms with Gasteiger partial charge in [-0.15, -0.1) is 0 Å². The van der Waals surface area contributed by atoms with Crippen LogP contribution in [0.2, 0.25) is 0 Å². The molecule has 0 fully saturated rings. The minimum Gasteiger partial charge on any atom is -0.399 e. The molecule has 3 rings (SSSR count). The molecule has 0 aromatic heterocycles. The number of nitrogens with one attached hydrogen (secondary N) is 2. The minimum absolute atomic E-state index is 0.486. The van der Waals surface area contributed by atoms with Gasteiger partial charge in [-0.1, -0.05) is 55.5 Å². The van der Waals surface area contributed by atoms with Crippen molar-refractivity contribution in [1.82, 2.24) is 0 Å². The Morgan fingerprint density at radius 2 is 1.92 bits per heavy atom. The summed E-state index contributed by atoms with van der Waals surface area (Å²) in [5.74, 6) is 0.486. The Hall–Kier alpha value is -2.81. The molecule has 0 amide bonds. The third kappa shape index (κ3) is 3.74. The molecule has 2 aromatic carbocycles. The average molecular weight is 317 g/mol. The monoisotopic (exact) mass is 317 g/mol. The summed E-state index contributed by atoms with van der Waals surface area (Å²) in [5, 5.41) is 12.1. The number of hydrogen-bond donors (Lipinski definition) is 3. The van der Waals surface area contributed by atoms with Crippen molar-refractivity contribution < 1.29 is 0 Å². The molecule has 0 heterocycles. The molecule has 2 aromatic rings. The SMILES string of the molecule is CC1C=CC=C(C(=N)c2ccccc2NCc2ccc(N)cc2)C1. The molecule has 122 valence electrons. The van der Waals surface area contributed by atoms with E-state index in [2.05, 4.69) is 30.5 Å². The molecule has 0 saturated heterocycles. The van der Waals surface area contributed by atoms with E-state index < -0.39 is 0 Å². The quantitative estimate of drug-likeness (QED) is 0.549. The van der Waals surface area contributed by atoms with Crippen molar-refractivity contribution in [3.8, 4) is 0 Å². The second-order valence-corrected chi connectivity index (χ2v) is 6.27. The molecule has 0 aliphatic heterocycles. The lowest BCUT2D eigenvalue weighted by Crippen LogP contribution is -2.12. The number of nitrogens with two attached hydrogens (primary N) is 1. The summed E-state index contributed by atoms with van der Waals surface area (Å²) in [5.41, 5.74) is 11.3. The molecule has 1 aliphatic carbocycles. The summed E-state index contributed by atoms with van der Waals surface area (Å²) >= 11 is 0. The number of benzene rings is 2. The van der Waals surface area contributed by atoms with E-state index in [0.717, 1.165) is 28.9 Å². The van der Waals surface area contributed by atoms with Crippen molar-refractivity contribution in [3.05, 3.63) is 83.5 Å². The number of allylic oxidation sites excluding steroid dienone is 4. The number of para-hydroxylation sites is 1. The Bertz CT molecular complexity index is 785. The molecule has 3 nitrogen and oxygen atoms in total. The molecule has 3 heteroatoms. The molecule has 24 heavy (non-hydrogen) atoms. The third-order valence-electron chi connectivity index (χ3n) is 4.26. The molecular formula is C21H23N3. The van der Waals surface area contributed by atoms with Gasteiger partial charge in [0.05, 0.1) is 5.71 Å². The number of anilines is 2. The van der Waals surface area contributed by atoms with Crippen LogP contribution in [-0.2, 0) is 6.54 Å². The van der Waals surface area contributed by atoms with Crippen LogP contribution in [0, 0.1) is 11.3 Å². The topological polar surface area (TPSA) is 61.9 Å². The zero-order chi connectivity index (χ0) is 16.9. The predicted octanol–water partition coefficient (Wildman–Crippen LogP) is 4.77. The van der Waals surface area contributed by atoms with Crippen molar-refractivity contribution in [3.63, 3.8) is 0 Å². The van der Waals surface area contributed by atoms with Gasteiger partial charge in [-0.05, 0) is 41.7 Å². The second kappa shape index (κ2) is 7.18. The van der Waals surface area contributed by atoms with Gasteiger partial charge in [0.1, 0.15) is 0 Å². The zero-order valence-electron chi connectivity index (χ0n) is 13.9. The fourth-order valence-electron chi connectivity index (χ4n) is 2.89. The molecule has 1 atom stereocenters. The van der Waals surface area contributed by atoms with Gasteiger partial charge in [0.15, 0.2) is 0 Å². The number of nitrogen functional groups attached to an aromatic ring is 1. The largest absolute Gasteiger partial charge is 0.399 e. The summed E-state index contributed by atoms with van der Waals surface area (Å²) in [4.78, 5) is 0. The van der Waals surface area contributed by atoms with E-state index in [0.29, 0.717) is 18.2 Å². The van der Waals surface area contributed by atoms with Crippen LogP contribution < -0.4 is 11.1 Å². The highest BCUT2D eigenvalue weighted by molar-refractivity contribution is 6.14. The van der Waals surface area contributed by atoms with Crippen molar-refractivity contribution in [2.24, 2.45) is 5.92 Å². The van der Waals surface area contributed by atoms with Gasteiger partial charge in [0.2, 0.25) is 0 Å². The lowest BCUT2D eigenvalue weighted by molar-refractivity contribution is 0.723. The first-order valence-electron chi connectivity index (χ1n) is 8.27. The Morgan fingerprint density at radius 3 is 2.67 bits per heavy atom. The van der Waals surface area contributed by atoms with Crippen LogP contribution in [0.25, 0.3) is 0 Å². The summed E-state index contributed by atoms with van der Waals surface area (Å²) < 4.78 is 0. The number of hydrogen-bond acceptors (Lipinski definition) is 3. The van der Waals surface area contributed by atoms with E-state index in [4.69, 9.17) is 11.1 Å². The van der Waals surface area contributed by atoms with Crippen molar-refractivity contribution in [2.45, 2.75) is 19.9 Å². The Labute approximate surface area is 143 Å². The van der Waals surface area contributed by atoms with Crippen molar-refractivity contribution >= 4 is 17.1 Å². The van der Waals surface area contributed by atoms with Crippen LogP contribution in [0.4, 0.5) is 11.4 Å². The van der Waals surface area contributed by atoms with Gasteiger partial charge in [0, 0.05) is 23.5 Å². The first-order valence-corrected chi connectivity index (χ1v) is 8.27. The van der Waals surface area contributed by atoms with Crippen LogP contribution in [0.15, 0.2) is 72.3 Å². The van der Waals surface area contributed by atoms with Gasteiger partial charge >= 0.3 is 0 Å². The number of rotatable bonds is 5. The van der Waals surface area contributed by atoms with E-state index in [-0.39, 0.29) is 0 Å². The second-order valence-electron chi connectivity index (χ2n) is 6.27. The highest BCUT2D eigenvalue weighted by atomic mass is 14.9. The van der Waals surface area contributed by atoms with E-state index >= 15 is 0 Å². The molecular weight excluding hydrogens is 294 g/mol. The van der Waals surface area contributed by atoms with Crippen molar-refractivity contribution in [1.29, 1.82) is 5.41 Å². The van der Waals surface area contributed by atoms with Crippen LogP contribution in [0.1, 0.15) is 24.5 Å². The van der Waals surface area contributed by atoms with Crippen molar-refractivity contribution in [2.75, 3.05) is 11.1 Å². The van der Waals surface area contributed by atoms with E-state index in [9.17, 15) is 0 Å². The van der Waals surface area contributed by atoms with Gasteiger partial charge in [-0.2, -0.15) is 0 Å². The molecule has 1 unspecified atom stereocenters. The fourth-order valence-corrected chi connectivity index (χ4v) is 2.89. The smallest absolute Gasteiger partial charge is 0.0665 e. The van der Waals surface area contributed by atoms with E-state index in [1.807, 2.05) is 48.5 Å². The molecule has 0 bridgehead atoms. The van der Waals surface area contributed by atoms with E-state index in [1.54, 1.807) is 0 Å². The zero-order valence-corrected chi connectivity index (χ0v) is 13.9. The summed E-state index contributed by atoms with van der Waals surface area (Å²) in [6, 6.07) is 15.9. The van der Waals surface area contributed by atoms with E-state index in [1.165, 1.54) is 5.56 Å². The van der Waals surface area contributed by atoms with Gasteiger partial charge < -0.3 is 11.1 Å². The van der Waals surface area contributed by atoms with Crippen LogP contribution in [-0.4, -0.2) is 5.71 Å². The maximum atomic E-state index is 8.61. The van der Waals surface area contributed by atoms with Crippen LogP contribution in [0.3, 0.4) is 0 Å².